The Morgan fingerprint density at radius 1 is 0.960 bits per heavy atom. The fourth-order valence-electron chi connectivity index (χ4n) is 2.93. The first-order chi connectivity index (χ1) is 12.1. The summed E-state index contributed by atoms with van der Waals surface area (Å²) in [4.78, 5) is 27.3. The Kier molecular flexibility index (Phi) is 4.84. The third kappa shape index (κ3) is 3.71. The predicted molar refractivity (Wildman–Crippen MR) is 99.6 cm³/mol. The van der Waals surface area contributed by atoms with E-state index in [0.29, 0.717) is 18.7 Å². The molecule has 0 aliphatic rings. The standard InChI is InChI=1S/C20H21N3O2/c1-13-7-3-5-9-17(13)23-20(25)19(24)21-12-11-15-14(2)22-18-10-6-4-8-16(15)18/h3-10,22H,11-12H2,1-2H3,(H,21,24)(H,23,25). The van der Waals surface area contributed by atoms with Crippen molar-refractivity contribution in [3.63, 3.8) is 0 Å². The van der Waals surface area contributed by atoms with E-state index in [9.17, 15) is 9.59 Å². The number of hydrogen-bond acceptors (Lipinski definition) is 2. The van der Waals surface area contributed by atoms with E-state index in [1.54, 1.807) is 6.07 Å². The van der Waals surface area contributed by atoms with Gasteiger partial charge >= 0.3 is 11.8 Å². The van der Waals surface area contributed by atoms with Gasteiger partial charge in [0, 0.05) is 28.8 Å². The molecule has 0 saturated carbocycles. The minimum Gasteiger partial charge on any atom is -0.358 e. The summed E-state index contributed by atoms with van der Waals surface area (Å²) in [5.74, 6) is -1.27. The normalized spacial score (nSPS) is 10.6. The molecule has 0 aliphatic carbocycles. The van der Waals surface area contributed by atoms with Crippen LogP contribution in [0, 0.1) is 13.8 Å². The minimum atomic E-state index is -0.648. The second-order valence-electron chi connectivity index (χ2n) is 6.05. The number of rotatable bonds is 4. The summed E-state index contributed by atoms with van der Waals surface area (Å²) in [7, 11) is 0. The summed E-state index contributed by atoms with van der Waals surface area (Å²) in [6, 6.07) is 15.4. The second-order valence-corrected chi connectivity index (χ2v) is 6.05. The first-order valence-corrected chi connectivity index (χ1v) is 8.27. The van der Waals surface area contributed by atoms with Crippen LogP contribution >= 0.6 is 0 Å². The molecule has 0 fully saturated rings. The fourth-order valence-corrected chi connectivity index (χ4v) is 2.93. The third-order valence-electron chi connectivity index (χ3n) is 4.29. The van der Waals surface area contributed by atoms with Crippen molar-refractivity contribution in [2.75, 3.05) is 11.9 Å². The zero-order chi connectivity index (χ0) is 17.8. The molecule has 0 bridgehead atoms. The highest BCUT2D eigenvalue weighted by atomic mass is 16.2. The van der Waals surface area contributed by atoms with Crippen LogP contribution < -0.4 is 10.6 Å². The zero-order valence-corrected chi connectivity index (χ0v) is 14.3. The number of anilines is 1. The molecule has 25 heavy (non-hydrogen) atoms. The van der Waals surface area contributed by atoms with Gasteiger partial charge in [-0.3, -0.25) is 9.59 Å². The van der Waals surface area contributed by atoms with E-state index in [1.807, 2.05) is 50.2 Å². The number of nitrogens with one attached hydrogen (secondary N) is 3. The molecule has 1 aromatic heterocycles. The second kappa shape index (κ2) is 7.21. The molecule has 3 rings (SSSR count). The Morgan fingerprint density at radius 2 is 1.68 bits per heavy atom. The molecule has 0 radical (unpaired) electrons. The maximum Gasteiger partial charge on any atom is 0.313 e. The SMILES string of the molecule is Cc1ccccc1NC(=O)C(=O)NCCc1c(C)[nH]c2ccccc12. The number of carbonyl (C=O) groups excluding carboxylic acids is 2. The van der Waals surface area contributed by atoms with E-state index < -0.39 is 11.8 Å². The van der Waals surface area contributed by atoms with Crippen LogP contribution in [0.5, 0.6) is 0 Å². The van der Waals surface area contributed by atoms with E-state index in [-0.39, 0.29) is 0 Å². The summed E-state index contributed by atoms with van der Waals surface area (Å²) in [5, 5.41) is 6.48. The van der Waals surface area contributed by atoms with Crippen LogP contribution in [-0.4, -0.2) is 23.3 Å². The number of benzene rings is 2. The summed E-state index contributed by atoms with van der Waals surface area (Å²) in [6.45, 7) is 4.30. The quantitative estimate of drug-likeness (QED) is 0.641. The Hall–Kier alpha value is -3.08. The minimum absolute atomic E-state index is 0.405. The Balaban J connectivity index is 1.58. The molecule has 0 aliphatic heterocycles. The van der Waals surface area contributed by atoms with Gasteiger partial charge in [0.05, 0.1) is 0 Å². The van der Waals surface area contributed by atoms with Crippen LogP contribution in [0.15, 0.2) is 48.5 Å². The van der Waals surface area contributed by atoms with Gasteiger partial charge < -0.3 is 15.6 Å². The highest BCUT2D eigenvalue weighted by Crippen LogP contribution is 2.21. The molecule has 0 saturated heterocycles. The van der Waals surface area contributed by atoms with Crippen molar-refractivity contribution < 1.29 is 9.59 Å². The van der Waals surface area contributed by atoms with E-state index >= 15 is 0 Å². The molecule has 3 aromatic rings. The van der Waals surface area contributed by atoms with Gasteiger partial charge in [0.1, 0.15) is 0 Å². The van der Waals surface area contributed by atoms with Gasteiger partial charge in [-0.2, -0.15) is 0 Å². The third-order valence-corrected chi connectivity index (χ3v) is 4.29. The fraction of sp³-hybridized carbons (Fsp3) is 0.200. The molecule has 0 spiro atoms. The number of H-pyrrole nitrogens is 1. The lowest BCUT2D eigenvalue weighted by molar-refractivity contribution is -0.136. The smallest absolute Gasteiger partial charge is 0.313 e. The topological polar surface area (TPSA) is 74.0 Å². The van der Waals surface area contributed by atoms with E-state index in [2.05, 4.69) is 21.7 Å². The summed E-state index contributed by atoms with van der Waals surface area (Å²) < 4.78 is 0. The molecule has 1 heterocycles. The average molecular weight is 335 g/mol. The Morgan fingerprint density at radius 3 is 2.48 bits per heavy atom. The molecule has 2 aromatic carbocycles. The van der Waals surface area contributed by atoms with Gasteiger partial charge in [0.2, 0.25) is 0 Å². The van der Waals surface area contributed by atoms with Gasteiger partial charge in [-0.25, -0.2) is 0 Å². The van der Waals surface area contributed by atoms with Crippen molar-refractivity contribution in [1.82, 2.24) is 10.3 Å². The summed E-state index contributed by atoms with van der Waals surface area (Å²) in [5.41, 5.74) is 4.89. The van der Waals surface area contributed by atoms with Crippen molar-refractivity contribution in [1.29, 1.82) is 0 Å². The predicted octanol–water partition coefficient (Wildman–Crippen LogP) is 3.08. The number of fused-ring (bicyclic) bond motifs is 1. The first kappa shape index (κ1) is 16.8. The molecule has 5 heteroatoms. The van der Waals surface area contributed by atoms with Crippen LogP contribution in [0.2, 0.25) is 0 Å². The van der Waals surface area contributed by atoms with Crippen LogP contribution in [0.3, 0.4) is 0 Å². The molecule has 0 atom stereocenters. The summed E-state index contributed by atoms with van der Waals surface area (Å²) in [6.07, 6.45) is 0.666. The highest BCUT2D eigenvalue weighted by molar-refractivity contribution is 6.39. The van der Waals surface area contributed by atoms with Crippen molar-refractivity contribution >= 4 is 28.4 Å². The number of aromatic nitrogens is 1. The largest absolute Gasteiger partial charge is 0.358 e. The lowest BCUT2D eigenvalue weighted by Gasteiger charge is -2.08. The molecular weight excluding hydrogens is 314 g/mol. The van der Waals surface area contributed by atoms with Crippen LogP contribution in [0.1, 0.15) is 16.8 Å². The molecular formula is C20H21N3O2. The average Bonchev–Trinajstić information content (AvgIpc) is 2.92. The Labute approximate surface area is 146 Å². The first-order valence-electron chi connectivity index (χ1n) is 8.27. The number of hydrogen-bond donors (Lipinski definition) is 3. The van der Waals surface area contributed by atoms with Crippen LogP contribution in [0.4, 0.5) is 5.69 Å². The van der Waals surface area contributed by atoms with Crippen molar-refractivity contribution in [3.05, 3.63) is 65.4 Å². The number of para-hydroxylation sites is 2. The van der Waals surface area contributed by atoms with Gasteiger partial charge in [-0.05, 0) is 43.5 Å². The monoisotopic (exact) mass is 335 g/mol. The number of carbonyl (C=O) groups is 2. The van der Waals surface area contributed by atoms with Gasteiger partial charge in [0.15, 0.2) is 0 Å². The summed E-state index contributed by atoms with van der Waals surface area (Å²) >= 11 is 0. The molecule has 3 N–H and O–H groups in total. The molecule has 5 nitrogen and oxygen atoms in total. The molecule has 128 valence electrons. The number of aryl methyl sites for hydroxylation is 2. The lowest BCUT2D eigenvalue weighted by Crippen LogP contribution is -2.36. The van der Waals surface area contributed by atoms with Crippen molar-refractivity contribution in [2.45, 2.75) is 20.3 Å². The number of aromatic amines is 1. The van der Waals surface area contributed by atoms with Crippen molar-refractivity contribution in [2.24, 2.45) is 0 Å². The highest BCUT2D eigenvalue weighted by Gasteiger charge is 2.15. The van der Waals surface area contributed by atoms with E-state index in [0.717, 1.165) is 27.7 Å². The zero-order valence-electron chi connectivity index (χ0n) is 14.3. The van der Waals surface area contributed by atoms with Gasteiger partial charge in [0.25, 0.3) is 0 Å². The van der Waals surface area contributed by atoms with Crippen LogP contribution in [-0.2, 0) is 16.0 Å². The molecule has 0 unspecified atom stereocenters. The van der Waals surface area contributed by atoms with Gasteiger partial charge in [-0.1, -0.05) is 36.4 Å². The maximum absolute atomic E-state index is 12.0. The van der Waals surface area contributed by atoms with Crippen molar-refractivity contribution in [3.8, 4) is 0 Å². The van der Waals surface area contributed by atoms with E-state index in [4.69, 9.17) is 0 Å². The lowest BCUT2D eigenvalue weighted by atomic mass is 10.1. The maximum atomic E-state index is 12.0. The van der Waals surface area contributed by atoms with Gasteiger partial charge in [-0.15, -0.1) is 0 Å². The van der Waals surface area contributed by atoms with E-state index in [1.165, 1.54) is 0 Å². The Bertz CT molecular complexity index is 928. The molecule has 2 amide bonds. The number of amides is 2. The van der Waals surface area contributed by atoms with Crippen LogP contribution in [0.25, 0.3) is 10.9 Å².